The van der Waals surface area contributed by atoms with E-state index in [9.17, 15) is 19.5 Å². The molecule has 1 rings (SSSR count). The Hall–Kier alpha value is -2.37. The van der Waals surface area contributed by atoms with Crippen LogP contribution in [0.15, 0.2) is 24.3 Å². The first-order valence-electron chi connectivity index (χ1n) is 6.65. The largest absolute Gasteiger partial charge is 0.545 e. The standard InChI is InChI=1S/C15H18O6/c1-2-10(7-8-13(16)17)9-21-15(20)12-6-4-3-5-11(12)14(18)19/h3-6,10H,2,7-9H2,1H3,(H,16,17)(H,18,19)/p-1. The summed E-state index contributed by atoms with van der Waals surface area (Å²) in [6, 6.07) is 5.65. The van der Waals surface area contributed by atoms with Crippen LogP contribution in [0.3, 0.4) is 0 Å². The third-order valence-corrected chi connectivity index (χ3v) is 3.16. The van der Waals surface area contributed by atoms with Crippen LogP contribution < -0.4 is 5.11 Å². The Kier molecular flexibility index (Phi) is 6.39. The number of carbonyl (C=O) groups is 3. The number of esters is 1. The molecule has 0 aliphatic heterocycles. The molecule has 0 aliphatic rings. The Balaban J connectivity index is 2.64. The summed E-state index contributed by atoms with van der Waals surface area (Å²) in [5, 5.41) is 19.5. The number of hydrogen-bond donors (Lipinski definition) is 1. The third-order valence-electron chi connectivity index (χ3n) is 3.16. The van der Waals surface area contributed by atoms with E-state index in [4.69, 9.17) is 9.84 Å². The van der Waals surface area contributed by atoms with Crippen LogP contribution in [0.2, 0.25) is 0 Å². The van der Waals surface area contributed by atoms with E-state index >= 15 is 0 Å². The Morgan fingerprint density at radius 3 is 2.38 bits per heavy atom. The number of carbonyl (C=O) groups excluding carboxylic acids is 2. The summed E-state index contributed by atoms with van der Waals surface area (Å²) in [7, 11) is 0. The summed E-state index contributed by atoms with van der Waals surface area (Å²) >= 11 is 0. The third kappa shape index (κ3) is 5.25. The van der Waals surface area contributed by atoms with E-state index in [1.54, 1.807) is 0 Å². The Morgan fingerprint density at radius 2 is 1.86 bits per heavy atom. The van der Waals surface area contributed by atoms with Crippen LogP contribution in [0.4, 0.5) is 0 Å². The van der Waals surface area contributed by atoms with Gasteiger partial charge in [-0.3, -0.25) is 4.79 Å². The molecule has 21 heavy (non-hydrogen) atoms. The van der Waals surface area contributed by atoms with Crippen molar-refractivity contribution in [1.29, 1.82) is 0 Å². The number of rotatable bonds is 8. The molecule has 0 radical (unpaired) electrons. The molecule has 1 N–H and O–H groups in total. The Morgan fingerprint density at radius 1 is 1.24 bits per heavy atom. The maximum Gasteiger partial charge on any atom is 0.338 e. The highest BCUT2D eigenvalue weighted by molar-refractivity contribution is 6.01. The first kappa shape index (κ1) is 16.7. The van der Waals surface area contributed by atoms with Gasteiger partial charge in [-0.2, -0.15) is 0 Å². The molecule has 0 aliphatic carbocycles. The first-order valence-corrected chi connectivity index (χ1v) is 6.65. The summed E-state index contributed by atoms with van der Waals surface area (Å²) < 4.78 is 5.08. The molecule has 0 bridgehead atoms. The molecule has 6 heteroatoms. The van der Waals surface area contributed by atoms with Crippen LogP contribution in [-0.4, -0.2) is 29.6 Å². The predicted molar refractivity (Wildman–Crippen MR) is 71.7 cm³/mol. The molecule has 1 aromatic rings. The smallest absolute Gasteiger partial charge is 0.338 e. The van der Waals surface area contributed by atoms with E-state index in [-0.39, 0.29) is 30.1 Å². The molecule has 1 atom stereocenters. The van der Waals surface area contributed by atoms with Crippen molar-refractivity contribution in [3.63, 3.8) is 0 Å². The number of hydrogen-bond acceptors (Lipinski definition) is 5. The minimum absolute atomic E-state index is 0.00564. The van der Waals surface area contributed by atoms with Gasteiger partial charge in [-0.15, -0.1) is 0 Å². The van der Waals surface area contributed by atoms with Crippen molar-refractivity contribution in [2.75, 3.05) is 6.61 Å². The first-order chi connectivity index (χ1) is 9.95. The average molecular weight is 293 g/mol. The van der Waals surface area contributed by atoms with Crippen molar-refractivity contribution < 1.29 is 29.3 Å². The lowest BCUT2D eigenvalue weighted by molar-refractivity contribution is -0.255. The summed E-state index contributed by atoms with van der Waals surface area (Å²) in [6.07, 6.45) is 1.08. The van der Waals surface area contributed by atoms with E-state index in [2.05, 4.69) is 0 Å². The van der Waals surface area contributed by atoms with Gasteiger partial charge in [0.1, 0.15) is 0 Å². The van der Waals surface area contributed by atoms with Crippen LogP contribution in [0.5, 0.6) is 0 Å². The quantitative estimate of drug-likeness (QED) is 0.720. The molecule has 0 saturated carbocycles. The highest BCUT2D eigenvalue weighted by atomic mass is 16.5. The number of benzene rings is 1. The number of aromatic carboxylic acids is 1. The molecular formula is C15H17O6-. The predicted octanol–water partition coefficient (Wildman–Crippen LogP) is 1.10. The summed E-state index contributed by atoms with van der Waals surface area (Å²) in [5.41, 5.74) is -0.285. The van der Waals surface area contributed by atoms with Gasteiger partial charge in [0.2, 0.25) is 0 Å². The number of aliphatic carboxylic acids is 1. The highest BCUT2D eigenvalue weighted by Crippen LogP contribution is 2.14. The maximum absolute atomic E-state index is 11.9. The molecule has 114 valence electrons. The molecule has 1 aromatic carbocycles. The van der Waals surface area contributed by atoms with E-state index in [0.29, 0.717) is 12.8 Å². The van der Waals surface area contributed by atoms with Crippen molar-refractivity contribution in [3.05, 3.63) is 35.4 Å². The van der Waals surface area contributed by atoms with Crippen LogP contribution in [0, 0.1) is 5.92 Å². The van der Waals surface area contributed by atoms with Gasteiger partial charge in [-0.1, -0.05) is 31.5 Å². The number of carboxylic acid groups (broad SMARTS) is 2. The normalized spacial score (nSPS) is 11.7. The fourth-order valence-corrected chi connectivity index (χ4v) is 1.84. The lowest BCUT2D eigenvalue weighted by atomic mass is 10.0. The molecule has 0 saturated heterocycles. The number of ether oxygens (including phenoxy) is 1. The van der Waals surface area contributed by atoms with Crippen LogP contribution >= 0.6 is 0 Å². The van der Waals surface area contributed by atoms with Crippen LogP contribution in [0.1, 0.15) is 46.9 Å². The Labute approximate surface area is 122 Å². The molecule has 1 unspecified atom stereocenters. The van der Waals surface area contributed by atoms with Gasteiger partial charge in [0.15, 0.2) is 0 Å². The molecule has 0 aromatic heterocycles. The lowest BCUT2D eigenvalue weighted by Gasteiger charge is -2.15. The lowest BCUT2D eigenvalue weighted by Crippen LogP contribution is -2.25. The van der Waals surface area contributed by atoms with Gasteiger partial charge < -0.3 is 19.7 Å². The van der Waals surface area contributed by atoms with Gasteiger partial charge in [0, 0.05) is 12.0 Å². The fraction of sp³-hybridized carbons (Fsp3) is 0.400. The van der Waals surface area contributed by atoms with Crippen molar-refractivity contribution in [3.8, 4) is 0 Å². The molecule has 0 heterocycles. The highest BCUT2D eigenvalue weighted by Gasteiger charge is 2.16. The Bertz CT molecular complexity index is 523. The second-order valence-electron chi connectivity index (χ2n) is 4.64. The van der Waals surface area contributed by atoms with Crippen molar-refractivity contribution in [2.24, 2.45) is 5.92 Å². The van der Waals surface area contributed by atoms with E-state index < -0.39 is 17.9 Å². The second kappa shape index (κ2) is 8.04. The molecule has 0 amide bonds. The fourth-order valence-electron chi connectivity index (χ4n) is 1.84. The topological polar surface area (TPSA) is 104 Å². The van der Waals surface area contributed by atoms with Crippen LogP contribution in [-0.2, 0) is 9.53 Å². The van der Waals surface area contributed by atoms with Crippen LogP contribution in [0.25, 0.3) is 0 Å². The molecule has 0 spiro atoms. The van der Waals surface area contributed by atoms with Crippen molar-refractivity contribution >= 4 is 17.9 Å². The van der Waals surface area contributed by atoms with Crippen molar-refractivity contribution in [2.45, 2.75) is 26.2 Å². The van der Waals surface area contributed by atoms with E-state index in [1.807, 2.05) is 6.92 Å². The zero-order valence-electron chi connectivity index (χ0n) is 11.7. The maximum atomic E-state index is 11.9. The minimum atomic E-state index is -1.44. The summed E-state index contributed by atoms with van der Waals surface area (Å²) in [6.45, 7) is 1.93. The SMILES string of the molecule is CCC(CCC(=O)O)COC(=O)c1ccccc1C(=O)[O-]. The zero-order chi connectivity index (χ0) is 15.8. The average Bonchev–Trinajstić information content (AvgIpc) is 2.46. The van der Waals surface area contributed by atoms with Gasteiger partial charge in [-0.25, -0.2) is 4.79 Å². The molecule has 0 fully saturated rings. The van der Waals surface area contributed by atoms with Gasteiger partial charge in [-0.05, 0) is 18.4 Å². The minimum Gasteiger partial charge on any atom is -0.545 e. The van der Waals surface area contributed by atoms with E-state index in [1.165, 1.54) is 24.3 Å². The molecular weight excluding hydrogens is 276 g/mol. The second-order valence-corrected chi connectivity index (χ2v) is 4.64. The zero-order valence-corrected chi connectivity index (χ0v) is 11.7. The van der Waals surface area contributed by atoms with Gasteiger partial charge in [0.25, 0.3) is 0 Å². The number of carboxylic acids is 2. The van der Waals surface area contributed by atoms with Crippen molar-refractivity contribution in [1.82, 2.24) is 0 Å². The monoisotopic (exact) mass is 293 g/mol. The summed E-state index contributed by atoms with van der Waals surface area (Å²) in [4.78, 5) is 33.3. The van der Waals surface area contributed by atoms with E-state index in [0.717, 1.165) is 0 Å². The molecule has 6 nitrogen and oxygen atoms in total. The summed E-state index contributed by atoms with van der Waals surface area (Å²) in [5.74, 6) is -3.16. The van der Waals surface area contributed by atoms with Gasteiger partial charge in [0.05, 0.1) is 18.1 Å². The van der Waals surface area contributed by atoms with Gasteiger partial charge >= 0.3 is 11.9 Å².